The van der Waals surface area contributed by atoms with E-state index in [1.807, 2.05) is 0 Å². The molecule has 1 rings (SSSR count). The van der Waals surface area contributed by atoms with E-state index in [1.54, 1.807) is 0 Å². The van der Waals surface area contributed by atoms with Crippen molar-refractivity contribution in [3.63, 3.8) is 0 Å². The van der Waals surface area contributed by atoms with Crippen molar-refractivity contribution in [3.05, 3.63) is 22.8 Å². The molecule has 1 aromatic heterocycles. The third kappa shape index (κ3) is 10.6. The van der Waals surface area contributed by atoms with Gasteiger partial charge in [-0.25, -0.2) is 26.0 Å². The van der Waals surface area contributed by atoms with Crippen molar-refractivity contribution in [1.82, 2.24) is 4.57 Å². The molecule has 0 unspecified atom stereocenters. The van der Waals surface area contributed by atoms with Crippen LogP contribution in [0.5, 0.6) is 0 Å². The molecule has 0 amide bonds. The van der Waals surface area contributed by atoms with E-state index in [0.717, 1.165) is 4.13 Å². The van der Waals surface area contributed by atoms with Crippen LogP contribution in [0.2, 0.25) is 0 Å². The van der Waals surface area contributed by atoms with Gasteiger partial charge in [0.1, 0.15) is 12.4 Å². The molecule has 1 heterocycles. The molecular formula is C15H25F6N3O4S2. The Balaban J connectivity index is 0.000000561. The molecule has 0 atom stereocenters. The Morgan fingerprint density at radius 2 is 1.27 bits per heavy atom. The van der Waals surface area contributed by atoms with Crippen LogP contribution in [0.3, 0.4) is 0 Å². The molecule has 0 N–H and O–H groups in total. The van der Waals surface area contributed by atoms with Crippen molar-refractivity contribution < 1.29 is 47.7 Å². The van der Waals surface area contributed by atoms with E-state index in [9.17, 15) is 43.2 Å². The lowest BCUT2D eigenvalue weighted by molar-refractivity contribution is -0.671. The number of hydrogen-bond donors (Lipinski definition) is 0. The minimum absolute atomic E-state index is 0.778. The smallest absolute Gasteiger partial charge is 0.421 e. The number of sulfonamides is 2. The zero-order valence-corrected chi connectivity index (χ0v) is 18.1. The van der Waals surface area contributed by atoms with Gasteiger partial charge in [-0.1, -0.05) is 39.0 Å². The number of nitrogens with zero attached hydrogens (tertiary/aromatic N) is 3. The molecule has 0 saturated carbocycles. The molecule has 0 aliphatic heterocycles. The summed E-state index contributed by atoms with van der Waals surface area (Å²) in [6.07, 6.45) is 16.1. The normalized spacial score (nSPS) is 13.1. The summed E-state index contributed by atoms with van der Waals surface area (Å²) >= 11 is 0. The van der Waals surface area contributed by atoms with E-state index in [1.165, 1.54) is 51.5 Å². The summed E-state index contributed by atoms with van der Waals surface area (Å²) in [5, 5.41) is 0. The van der Waals surface area contributed by atoms with E-state index in [4.69, 9.17) is 0 Å². The molecule has 0 spiro atoms. The first-order valence-electron chi connectivity index (χ1n) is 8.91. The maximum atomic E-state index is 11.4. The van der Waals surface area contributed by atoms with Crippen LogP contribution in [0.25, 0.3) is 4.13 Å². The van der Waals surface area contributed by atoms with Crippen LogP contribution in [0.4, 0.5) is 26.3 Å². The van der Waals surface area contributed by atoms with Gasteiger partial charge in [0, 0.05) is 0 Å². The SMILES string of the molecule is CCCCCCCCCn1cc[n+](C)c1.O=S(=O)([N-]S(=O)(=O)C(F)(F)F)C(F)(F)F. The Hall–Kier alpha value is -1.35. The Morgan fingerprint density at radius 1 is 0.833 bits per heavy atom. The predicted molar refractivity (Wildman–Crippen MR) is 96.9 cm³/mol. The quantitative estimate of drug-likeness (QED) is 0.281. The maximum absolute atomic E-state index is 11.4. The Morgan fingerprint density at radius 3 is 1.63 bits per heavy atom. The Kier molecular flexibility index (Phi) is 11.3. The molecule has 0 radical (unpaired) electrons. The topological polar surface area (TPSA) is 91.2 Å². The van der Waals surface area contributed by atoms with Crippen LogP contribution in [0, 0.1) is 0 Å². The Labute approximate surface area is 172 Å². The monoisotopic (exact) mass is 489 g/mol. The summed E-state index contributed by atoms with van der Waals surface area (Å²) in [5.74, 6) is 0. The fraction of sp³-hybridized carbons (Fsp3) is 0.800. The molecule has 0 fully saturated rings. The number of rotatable bonds is 10. The van der Waals surface area contributed by atoms with Crippen molar-refractivity contribution in [2.75, 3.05) is 0 Å². The van der Waals surface area contributed by atoms with Crippen LogP contribution >= 0.6 is 0 Å². The second-order valence-corrected chi connectivity index (χ2v) is 9.78. The van der Waals surface area contributed by atoms with Crippen molar-refractivity contribution in [1.29, 1.82) is 0 Å². The summed E-state index contributed by atoms with van der Waals surface area (Å²) in [7, 11) is -11.4. The molecule has 0 aliphatic carbocycles. The zero-order valence-electron chi connectivity index (χ0n) is 16.4. The molecule has 178 valence electrons. The molecule has 1 aromatic rings. The van der Waals surface area contributed by atoms with Crippen LogP contribution in [-0.2, 0) is 33.6 Å². The van der Waals surface area contributed by atoms with Crippen LogP contribution < -0.4 is 4.57 Å². The Bertz CT molecular complexity index is 791. The molecule has 7 nitrogen and oxygen atoms in total. The molecule has 0 bridgehead atoms. The standard InChI is InChI=1S/C13H25N2.C2F6NO4S2/c1-3-4-5-6-7-8-9-10-15-12-11-14(2)13-15;3-1(4,5)14(10,11)9-15(12,13)2(6,7)8/h11-13H,3-10H2,1-2H3;/q+1;-1. The first kappa shape index (κ1) is 28.6. The number of alkyl halides is 6. The van der Waals surface area contributed by atoms with E-state index < -0.39 is 31.1 Å². The lowest BCUT2D eigenvalue weighted by Crippen LogP contribution is -2.30. The van der Waals surface area contributed by atoms with E-state index in [0.29, 0.717) is 0 Å². The van der Waals surface area contributed by atoms with Gasteiger partial charge in [0.25, 0.3) is 0 Å². The highest BCUT2D eigenvalue weighted by molar-refractivity contribution is 8.13. The van der Waals surface area contributed by atoms with Gasteiger partial charge in [0.05, 0.1) is 13.6 Å². The van der Waals surface area contributed by atoms with Crippen LogP contribution in [-0.4, -0.2) is 32.4 Å². The third-order valence-corrected chi connectivity index (χ3v) is 6.36. The van der Waals surface area contributed by atoms with Crippen LogP contribution in [0.15, 0.2) is 18.7 Å². The number of unbranched alkanes of at least 4 members (excludes halogenated alkanes) is 6. The summed E-state index contributed by atoms with van der Waals surface area (Å²) in [6, 6.07) is 0. The van der Waals surface area contributed by atoms with Gasteiger partial charge in [-0.3, -0.25) is 0 Å². The van der Waals surface area contributed by atoms with E-state index in [-0.39, 0.29) is 0 Å². The lowest BCUT2D eigenvalue weighted by Gasteiger charge is -2.22. The van der Waals surface area contributed by atoms with Crippen molar-refractivity contribution in [2.24, 2.45) is 7.05 Å². The highest BCUT2D eigenvalue weighted by atomic mass is 32.3. The fourth-order valence-electron chi connectivity index (χ4n) is 2.10. The summed E-state index contributed by atoms with van der Waals surface area (Å²) in [6.45, 7) is 3.45. The number of halogens is 6. The van der Waals surface area contributed by atoms with Gasteiger partial charge in [-0.15, -0.1) is 0 Å². The fourth-order valence-corrected chi connectivity index (χ4v) is 3.81. The molecule has 30 heavy (non-hydrogen) atoms. The molecule has 0 aliphatic rings. The van der Waals surface area contributed by atoms with Gasteiger partial charge in [0.2, 0.25) is 6.33 Å². The van der Waals surface area contributed by atoms with Gasteiger partial charge in [-0.2, -0.15) is 26.3 Å². The van der Waals surface area contributed by atoms with Gasteiger partial charge in [-0.05, 0) is 12.8 Å². The van der Waals surface area contributed by atoms with Gasteiger partial charge >= 0.3 is 11.0 Å². The maximum Gasteiger partial charge on any atom is 0.480 e. The average molecular weight is 490 g/mol. The van der Waals surface area contributed by atoms with E-state index in [2.05, 4.69) is 41.8 Å². The summed E-state index contributed by atoms with van der Waals surface area (Å²) in [4.78, 5) is 0. The van der Waals surface area contributed by atoms with Crippen molar-refractivity contribution in [3.8, 4) is 0 Å². The first-order valence-corrected chi connectivity index (χ1v) is 11.8. The van der Waals surface area contributed by atoms with Gasteiger partial charge < -0.3 is 4.13 Å². The highest BCUT2D eigenvalue weighted by Crippen LogP contribution is 2.36. The molecule has 0 saturated heterocycles. The second kappa shape index (κ2) is 11.9. The number of aryl methyl sites for hydroxylation is 2. The molecular weight excluding hydrogens is 464 g/mol. The van der Waals surface area contributed by atoms with Crippen LogP contribution in [0.1, 0.15) is 51.9 Å². The minimum atomic E-state index is -6.72. The van der Waals surface area contributed by atoms with Gasteiger partial charge in [0.15, 0.2) is 20.0 Å². The van der Waals surface area contributed by atoms with E-state index >= 15 is 0 Å². The minimum Gasteiger partial charge on any atom is -0.421 e. The summed E-state index contributed by atoms with van der Waals surface area (Å²) in [5.41, 5.74) is -12.4. The third-order valence-electron chi connectivity index (χ3n) is 3.62. The number of aromatic nitrogens is 2. The van der Waals surface area contributed by atoms with Crippen molar-refractivity contribution >= 4 is 20.0 Å². The largest absolute Gasteiger partial charge is 0.480 e. The average Bonchev–Trinajstić information content (AvgIpc) is 2.97. The summed E-state index contributed by atoms with van der Waals surface area (Å²) < 4.78 is 114. The molecule has 15 heteroatoms. The predicted octanol–water partition coefficient (Wildman–Crippen LogP) is 4.12. The number of hydrogen-bond acceptors (Lipinski definition) is 4. The highest BCUT2D eigenvalue weighted by Gasteiger charge is 2.46. The zero-order chi connectivity index (χ0) is 23.6. The lowest BCUT2D eigenvalue weighted by atomic mass is 10.1. The first-order chi connectivity index (χ1) is 13.5. The molecule has 0 aromatic carbocycles. The second-order valence-electron chi connectivity index (χ2n) is 6.35. The van der Waals surface area contributed by atoms with Crippen molar-refractivity contribution in [2.45, 2.75) is 69.4 Å². The number of imidazole rings is 1.